The topological polar surface area (TPSA) is 46.2 Å². The van der Waals surface area contributed by atoms with Crippen LogP contribution in [-0.4, -0.2) is 8.42 Å². The third-order valence-electron chi connectivity index (χ3n) is 4.48. The van der Waals surface area contributed by atoms with Crippen molar-refractivity contribution >= 4 is 10.0 Å². The van der Waals surface area contributed by atoms with E-state index in [1.807, 2.05) is 56.3 Å². The Morgan fingerprint density at radius 2 is 1.68 bits per heavy atom. The Bertz CT molecular complexity index is 778. The van der Waals surface area contributed by atoms with E-state index in [1.54, 1.807) is 6.07 Å². The van der Waals surface area contributed by atoms with Crippen LogP contribution in [0.15, 0.2) is 53.4 Å². The molecule has 0 aliphatic heterocycles. The molecule has 1 N–H and O–H groups in total. The van der Waals surface area contributed by atoms with Crippen LogP contribution in [0.25, 0.3) is 0 Å². The average Bonchev–Trinajstić information content (AvgIpc) is 2.43. The molecule has 1 aliphatic carbocycles. The number of hydrogen-bond donors (Lipinski definition) is 1. The van der Waals surface area contributed by atoms with Gasteiger partial charge in [-0.2, -0.15) is 0 Å². The van der Waals surface area contributed by atoms with Crippen molar-refractivity contribution in [1.29, 1.82) is 0 Å². The molecule has 1 aliphatic rings. The highest BCUT2D eigenvalue weighted by atomic mass is 32.2. The van der Waals surface area contributed by atoms with Gasteiger partial charge in [0, 0.05) is 0 Å². The fourth-order valence-corrected chi connectivity index (χ4v) is 4.83. The minimum Gasteiger partial charge on any atom is -0.207 e. The number of nitrogens with one attached hydrogen (secondary N) is 1. The lowest BCUT2D eigenvalue weighted by Gasteiger charge is -2.42. The van der Waals surface area contributed by atoms with Gasteiger partial charge in [-0.15, -0.1) is 0 Å². The first-order valence-electron chi connectivity index (χ1n) is 7.60. The first kappa shape index (κ1) is 15.3. The van der Waals surface area contributed by atoms with Gasteiger partial charge in [0.2, 0.25) is 10.0 Å². The lowest BCUT2D eigenvalue weighted by atomic mass is 9.73. The lowest BCUT2D eigenvalue weighted by molar-refractivity contribution is 0.224. The zero-order valence-electron chi connectivity index (χ0n) is 13.0. The fourth-order valence-electron chi connectivity index (χ4n) is 3.15. The minimum absolute atomic E-state index is 0.375. The third kappa shape index (κ3) is 2.69. The molecule has 2 aromatic rings. The predicted octanol–water partition coefficient (Wildman–Crippen LogP) is 3.66. The number of sulfonamides is 1. The van der Waals surface area contributed by atoms with E-state index in [0.29, 0.717) is 4.90 Å². The summed E-state index contributed by atoms with van der Waals surface area (Å²) in [5.74, 6) is 0. The van der Waals surface area contributed by atoms with Crippen LogP contribution in [0, 0.1) is 13.8 Å². The second-order valence-corrected chi connectivity index (χ2v) is 7.83. The summed E-state index contributed by atoms with van der Waals surface area (Å²) >= 11 is 0. The van der Waals surface area contributed by atoms with Gasteiger partial charge < -0.3 is 0 Å². The molecule has 4 heteroatoms. The molecule has 0 amide bonds. The average molecular weight is 315 g/mol. The van der Waals surface area contributed by atoms with Crippen LogP contribution >= 0.6 is 0 Å². The van der Waals surface area contributed by atoms with Crippen molar-refractivity contribution in [2.75, 3.05) is 0 Å². The number of benzene rings is 2. The van der Waals surface area contributed by atoms with Crippen molar-refractivity contribution in [3.8, 4) is 0 Å². The van der Waals surface area contributed by atoms with Gasteiger partial charge in [-0.1, -0.05) is 48.0 Å². The Hall–Kier alpha value is -1.65. The van der Waals surface area contributed by atoms with Crippen molar-refractivity contribution in [3.05, 3.63) is 65.2 Å². The Kier molecular flexibility index (Phi) is 3.83. The van der Waals surface area contributed by atoms with Gasteiger partial charge in [0.25, 0.3) is 0 Å². The zero-order chi connectivity index (χ0) is 15.8. The molecule has 2 aromatic carbocycles. The smallest absolute Gasteiger partial charge is 0.207 e. The maximum Gasteiger partial charge on any atom is 0.241 e. The monoisotopic (exact) mass is 315 g/mol. The molecule has 0 radical (unpaired) electrons. The molecule has 3 nitrogen and oxygen atoms in total. The largest absolute Gasteiger partial charge is 0.241 e. The second kappa shape index (κ2) is 5.52. The quantitative estimate of drug-likeness (QED) is 0.936. The van der Waals surface area contributed by atoms with Crippen LogP contribution in [0.3, 0.4) is 0 Å². The third-order valence-corrected chi connectivity index (χ3v) is 6.18. The summed E-state index contributed by atoms with van der Waals surface area (Å²) in [5.41, 5.74) is 2.46. The molecular weight excluding hydrogens is 294 g/mol. The highest BCUT2D eigenvalue weighted by Gasteiger charge is 2.42. The van der Waals surface area contributed by atoms with Gasteiger partial charge in [0.15, 0.2) is 0 Å². The van der Waals surface area contributed by atoms with E-state index in [1.165, 1.54) is 0 Å². The summed E-state index contributed by atoms with van der Waals surface area (Å²) < 4.78 is 28.6. The molecule has 0 saturated heterocycles. The van der Waals surface area contributed by atoms with E-state index in [-0.39, 0.29) is 0 Å². The normalized spacial score (nSPS) is 17.0. The Labute approximate surface area is 132 Å². The summed E-state index contributed by atoms with van der Waals surface area (Å²) in [6.07, 6.45) is 2.74. The Morgan fingerprint density at radius 3 is 2.23 bits per heavy atom. The Morgan fingerprint density at radius 1 is 1.00 bits per heavy atom. The predicted molar refractivity (Wildman–Crippen MR) is 88.2 cm³/mol. The SMILES string of the molecule is Cc1ccc(S(=O)(=O)NC2(c3ccccc3)CCC2)c(C)c1. The first-order valence-corrected chi connectivity index (χ1v) is 9.08. The van der Waals surface area contributed by atoms with Crippen LogP contribution in [0.2, 0.25) is 0 Å². The van der Waals surface area contributed by atoms with E-state index < -0.39 is 15.6 Å². The zero-order valence-corrected chi connectivity index (χ0v) is 13.8. The van der Waals surface area contributed by atoms with Crippen LogP contribution < -0.4 is 4.72 Å². The number of hydrogen-bond acceptors (Lipinski definition) is 2. The van der Waals surface area contributed by atoms with Gasteiger partial charge >= 0.3 is 0 Å². The summed E-state index contributed by atoms with van der Waals surface area (Å²) in [5, 5.41) is 0. The van der Waals surface area contributed by atoms with Crippen molar-refractivity contribution in [3.63, 3.8) is 0 Å². The molecule has 0 spiro atoms. The summed E-state index contributed by atoms with van der Waals surface area (Å²) in [6, 6.07) is 15.3. The van der Waals surface area contributed by atoms with Crippen LogP contribution in [-0.2, 0) is 15.6 Å². The molecule has 1 fully saturated rings. The molecule has 1 saturated carbocycles. The molecule has 116 valence electrons. The van der Waals surface area contributed by atoms with Crippen molar-refractivity contribution in [1.82, 2.24) is 4.72 Å². The van der Waals surface area contributed by atoms with E-state index in [9.17, 15) is 8.42 Å². The van der Waals surface area contributed by atoms with Crippen molar-refractivity contribution in [2.24, 2.45) is 0 Å². The minimum atomic E-state index is -3.52. The molecule has 0 heterocycles. The van der Waals surface area contributed by atoms with E-state index >= 15 is 0 Å². The number of rotatable bonds is 4. The van der Waals surface area contributed by atoms with Gasteiger partial charge in [0.1, 0.15) is 0 Å². The maximum absolute atomic E-state index is 12.8. The second-order valence-electron chi connectivity index (χ2n) is 6.18. The summed E-state index contributed by atoms with van der Waals surface area (Å²) in [4.78, 5) is 0.375. The molecule has 0 aromatic heterocycles. The van der Waals surface area contributed by atoms with Crippen molar-refractivity contribution in [2.45, 2.75) is 43.5 Å². The standard InChI is InChI=1S/C18H21NO2S/c1-14-9-10-17(15(2)13-14)22(20,21)19-18(11-6-12-18)16-7-4-3-5-8-16/h3-5,7-10,13,19H,6,11-12H2,1-2H3. The van der Waals surface area contributed by atoms with E-state index in [4.69, 9.17) is 0 Å². The molecule has 0 unspecified atom stereocenters. The summed E-state index contributed by atoms with van der Waals surface area (Å²) in [7, 11) is -3.52. The molecule has 3 rings (SSSR count). The molecule has 22 heavy (non-hydrogen) atoms. The van der Waals surface area contributed by atoms with Gasteiger partial charge in [-0.25, -0.2) is 13.1 Å². The van der Waals surface area contributed by atoms with Gasteiger partial charge in [0.05, 0.1) is 10.4 Å². The van der Waals surface area contributed by atoms with Crippen LogP contribution in [0.5, 0.6) is 0 Å². The maximum atomic E-state index is 12.8. The van der Waals surface area contributed by atoms with Gasteiger partial charge in [-0.05, 0) is 50.3 Å². The highest BCUT2D eigenvalue weighted by molar-refractivity contribution is 7.89. The Balaban J connectivity index is 1.97. The van der Waals surface area contributed by atoms with Crippen LogP contribution in [0.1, 0.15) is 36.0 Å². The first-order chi connectivity index (χ1) is 10.4. The van der Waals surface area contributed by atoms with Crippen molar-refractivity contribution < 1.29 is 8.42 Å². The van der Waals surface area contributed by atoms with E-state index in [2.05, 4.69) is 4.72 Å². The summed E-state index contributed by atoms with van der Waals surface area (Å²) in [6.45, 7) is 3.81. The lowest BCUT2D eigenvalue weighted by Crippen LogP contribution is -2.50. The molecular formula is C18H21NO2S. The highest BCUT2D eigenvalue weighted by Crippen LogP contribution is 2.42. The fraction of sp³-hybridized carbons (Fsp3) is 0.333. The van der Waals surface area contributed by atoms with E-state index in [0.717, 1.165) is 36.0 Å². The van der Waals surface area contributed by atoms with Gasteiger partial charge in [-0.3, -0.25) is 0 Å². The number of aryl methyl sites for hydroxylation is 2. The van der Waals surface area contributed by atoms with Crippen LogP contribution in [0.4, 0.5) is 0 Å². The molecule has 0 bridgehead atoms. The molecule has 0 atom stereocenters.